The van der Waals surface area contributed by atoms with Crippen LogP contribution in [0.4, 0.5) is 0 Å². The zero-order chi connectivity index (χ0) is 14.6. The van der Waals surface area contributed by atoms with Crippen LogP contribution < -0.4 is 14.8 Å². The summed E-state index contributed by atoms with van der Waals surface area (Å²) in [4.78, 5) is 0. The van der Waals surface area contributed by atoms with Gasteiger partial charge in [0.2, 0.25) is 0 Å². The Morgan fingerprint density at radius 3 is 2.55 bits per heavy atom. The van der Waals surface area contributed by atoms with Crippen LogP contribution in [0.25, 0.3) is 0 Å². The van der Waals surface area contributed by atoms with Crippen molar-refractivity contribution >= 4 is 0 Å². The van der Waals surface area contributed by atoms with Gasteiger partial charge in [0.15, 0.2) is 11.5 Å². The molecule has 0 bridgehead atoms. The molecule has 1 heterocycles. The second kappa shape index (κ2) is 6.49. The molecule has 0 amide bonds. The Morgan fingerprint density at radius 1 is 1.15 bits per heavy atom. The summed E-state index contributed by atoms with van der Waals surface area (Å²) in [7, 11) is 0. The molecular formula is C17H27NO2. The van der Waals surface area contributed by atoms with E-state index in [0.29, 0.717) is 11.5 Å². The molecule has 3 heteroatoms. The van der Waals surface area contributed by atoms with Crippen molar-refractivity contribution in [3.05, 3.63) is 23.8 Å². The second-order valence-corrected chi connectivity index (χ2v) is 6.74. The van der Waals surface area contributed by atoms with Gasteiger partial charge in [-0.3, -0.25) is 0 Å². The van der Waals surface area contributed by atoms with Crippen molar-refractivity contribution in [1.82, 2.24) is 5.32 Å². The average Bonchev–Trinajstić information content (AvgIpc) is 2.61. The fourth-order valence-electron chi connectivity index (χ4n) is 2.23. The number of rotatable bonds is 4. The molecule has 0 saturated carbocycles. The molecule has 1 aliphatic heterocycles. The average molecular weight is 277 g/mol. The molecule has 1 aromatic rings. The van der Waals surface area contributed by atoms with Crippen molar-refractivity contribution in [2.45, 2.75) is 46.6 Å². The molecule has 3 nitrogen and oxygen atoms in total. The molecule has 1 aromatic carbocycles. The molecule has 0 spiro atoms. The summed E-state index contributed by atoms with van der Waals surface area (Å²) in [5.41, 5.74) is 1.63. The third kappa shape index (κ3) is 4.41. The lowest BCUT2D eigenvalue weighted by Crippen LogP contribution is -2.23. The molecule has 0 aromatic heterocycles. The Hall–Kier alpha value is -1.22. The molecule has 1 unspecified atom stereocenters. The van der Waals surface area contributed by atoms with Gasteiger partial charge in [0.05, 0.1) is 13.2 Å². The Labute approximate surface area is 122 Å². The van der Waals surface area contributed by atoms with E-state index in [-0.39, 0.29) is 0 Å². The predicted molar refractivity (Wildman–Crippen MR) is 82.5 cm³/mol. The quantitative estimate of drug-likeness (QED) is 0.904. The van der Waals surface area contributed by atoms with Crippen molar-refractivity contribution in [3.8, 4) is 11.5 Å². The van der Waals surface area contributed by atoms with Gasteiger partial charge in [-0.2, -0.15) is 0 Å². The molecule has 1 atom stereocenters. The van der Waals surface area contributed by atoms with Crippen molar-refractivity contribution < 1.29 is 9.47 Å². The smallest absolute Gasteiger partial charge is 0.161 e. The minimum atomic E-state index is 0.328. The van der Waals surface area contributed by atoms with Crippen LogP contribution >= 0.6 is 0 Å². The summed E-state index contributed by atoms with van der Waals surface area (Å²) in [5, 5.41) is 3.58. The highest BCUT2D eigenvalue weighted by Gasteiger charge is 2.14. The van der Waals surface area contributed by atoms with Gasteiger partial charge in [-0.05, 0) is 43.0 Å². The minimum absolute atomic E-state index is 0.328. The zero-order valence-electron chi connectivity index (χ0n) is 13.2. The standard InChI is InChI=1S/C17H27NO2/c1-13(18-9-8-17(2,3)4)14-6-7-15-16(12-14)20-11-5-10-19-15/h6-7,12-13,18H,5,8-11H2,1-4H3. The lowest BCUT2D eigenvalue weighted by molar-refractivity contribution is 0.297. The first-order chi connectivity index (χ1) is 9.46. The summed E-state index contributed by atoms with van der Waals surface area (Å²) in [6, 6.07) is 6.59. The second-order valence-electron chi connectivity index (χ2n) is 6.74. The molecule has 0 fully saturated rings. The van der Waals surface area contributed by atoms with Gasteiger partial charge in [0.25, 0.3) is 0 Å². The van der Waals surface area contributed by atoms with Gasteiger partial charge in [0, 0.05) is 12.5 Å². The molecule has 1 aliphatic rings. The highest BCUT2D eigenvalue weighted by molar-refractivity contribution is 5.44. The van der Waals surface area contributed by atoms with Crippen LogP contribution in [0.1, 0.15) is 52.1 Å². The molecular weight excluding hydrogens is 250 g/mol. The van der Waals surface area contributed by atoms with Crippen LogP contribution in [0.3, 0.4) is 0 Å². The van der Waals surface area contributed by atoms with Gasteiger partial charge in [-0.25, -0.2) is 0 Å². The molecule has 1 N–H and O–H groups in total. The summed E-state index contributed by atoms with van der Waals surface area (Å²) in [5.74, 6) is 1.75. The van der Waals surface area contributed by atoms with E-state index in [1.807, 2.05) is 6.07 Å². The predicted octanol–water partition coefficient (Wildman–Crippen LogP) is 3.93. The first kappa shape index (κ1) is 15.2. The molecule has 0 saturated heterocycles. The summed E-state index contributed by atoms with van der Waals surface area (Å²) in [6.45, 7) is 11.5. The molecule has 2 rings (SSSR count). The Bertz CT molecular complexity index is 437. The van der Waals surface area contributed by atoms with E-state index < -0.39 is 0 Å². The van der Waals surface area contributed by atoms with Crippen LogP contribution in [0.2, 0.25) is 0 Å². The highest BCUT2D eigenvalue weighted by atomic mass is 16.5. The maximum absolute atomic E-state index is 5.75. The van der Waals surface area contributed by atoms with E-state index >= 15 is 0 Å². The zero-order valence-corrected chi connectivity index (χ0v) is 13.2. The van der Waals surface area contributed by atoms with Crippen molar-refractivity contribution in [3.63, 3.8) is 0 Å². The highest BCUT2D eigenvalue weighted by Crippen LogP contribution is 2.32. The number of ether oxygens (including phenoxy) is 2. The third-order valence-electron chi connectivity index (χ3n) is 3.60. The number of benzene rings is 1. The first-order valence-electron chi connectivity index (χ1n) is 7.59. The lowest BCUT2D eigenvalue weighted by Gasteiger charge is -2.21. The number of nitrogens with one attached hydrogen (secondary N) is 1. The van der Waals surface area contributed by atoms with E-state index in [2.05, 4.69) is 45.1 Å². The largest absolute Gasteiger partial charge is 0.490 e. The SMILES string of the molecule is CC(NCCC(C)(C)C)c1ccc2c(c1)OCCCO2. The van der Waals surface area contributed by atoms with E-state index in [1.54, 1.807) is 0 Å². The van der Waals surface area contributed by atoms with Crippen LogP contribution in [0.15, 0.2) is 18.2 Å². The van der Waals surface area contributed by atoms with Gasteiger partial charge in [-0.15, -0.1) is 0 Å². The monoisotopic (exact) mass is 277 g/mol. The van der Waals surface area contributed by atoms with Crippen LogP contribution in [0.5, 0.6) is 11.5 Å². The summed E-state index contributed by atoms with van der Waals surface area (Å²) < 4.78 is 11.4. The van der Waals surface area contributed by atoms with Crippen LogP contribution in [-0.4, -0.2) is 19.8 Å². The molecule has 0 aliphatic carbocycles. The van der Waals surface area contributed by atoms with E-state index in [4.69, 9.17) is 9.47 Å². The van der Waals surface area contributed by atoms with Crippen molar-refractivity contribution in [2.75, 3.05) is 19.8 Å². The summed E-state index contributed by atoms with van der Waals surface area (Å²) in [6.07, 6.45) is 2.12. The topological polar surface area (TPSA) is 30.5 Å². The lowest BCUT2D eigenvalue weighted by atomic mass is 9.92. The summed E-state index contributed by atoms with van der Waals surface area (Å²) >= 11 is 0. The van der Waals surface area contributed by atoms with Gasteiger partial charge in [-0.1, -0.05) is 26.8 Å². The molecule has 20 heavy (non-hydrogen) atoms. The number of hydrogen-bond acceptors (Lipinski definition) is 3. The maximum Gasteiger partial charge on any atom is 0.161 e. The molecule has 0 radical (unpaired) electrons. The van der Waals surface area contributed by atoms with Crippen LogP contribution in [-0.2, 0) is 0 Å². The third-order valence-corrected chi connectivity index (χ3v) is 3.60. The van der Waals surface area contributed by atoms with Gasteiger partial charge >= 0.3 is 0 Å². The minimum Gasteiger partial charge on any atom is -0.490 e. The van der Waals surface area contributed by atoms with Crippen molar-refractivity contribution in [1.29, 1.82) is 0 Å². The molecule has 112 valence electrons. The Morgan fingerprint density at radius 2 is 1.85 bits per heavy atom. The fraction of sp³-hybridized carbons (Fsp3) is 0.647. The van der Waals surface area contributed by atoms with Crippen molar-refractivity contribution in [2.24, 2.45) is 5.41 Å². The van der Waals surface area contributed by atoms with Gasteiger partial charge in [0.1, 0.15) is 0 Å². The number of fused-ring (bicyclic) bond motifs is 1. The maximum atomic E-state index is 5.75. The van der Waals surface area contributed by atoms with E-state index in [0.717, 1.165) is 37.7 Å². The van der Waals surface area contributed by atoms with Gasteiger partial charge < -0.3 is 14.8 Å². The Kier molecular flexibility index (Phi) is 4.92. The number of hydrogen-bond donors (Lipinski definition) is 1. The van der Waals surface area contributed by atoms with E-state index in [1.165, 1.54) is 12.0 Å². The Balaban J connectivity index is 1.96. The van der Waals surface area contributed by atoms with Crippen LogP contribution in [0, 0.1) is 5.41 Å². The normalized spacial score (nSPS) is 16.6. The van der Waals surface area contributed by atoms with E-state index in [9.17, 15) is 0 Å². The fourth-order valence-corrected chi connectivity index (χ4v) is 2.23. The first-order valence-corrected chi connectivity index (χ1v) is 7.59.